The summed E-state index contributed by atoms with van der Waals surface area (Å²) in [5.41, 5.74) is 5.94. The van der Waals surface area contributed by atoms with E-state index < -0.39 is 0 Å². The Hall–Kier alpha value is -0.940. The molecule has 0 unspecified atom stereocenters. The first-order valence-corrected chi connectivity index (χ1v) is 7.66. The first kappa shape index (κ1) is 15.4. The van der Waals surface area contributed by atoms with Gasteiger partial charge in [-0.25, -0.2) is 0 Å². The summed E-state index contributed by atoms with van der Waals surface area (Å²) < 4.78 is 11.4. The lowest BCUT2D eigenvalue weighted by atomic mass is 9.70. The maximum Gasteiger partial charge on any atom is 0.243 e. The smallest absolute Gasteiger partial charge is 0.243 e. The van der Waals surface area contributed by atoms with Gasteiger partial charge in [0.1, 0.15) is 5.60 Å². The maximum absolute atomic E-state index is 6.05. The molecule has 1 fully saturated rings. The van der Waals surface area contributed by atoms with E-state index in [1.165, 1.54) is 0 Å². The summed E-state index contributed by atoms with van der Waals surface area (Å²) in [6.45, 7) is 9.29. The number of hydrogen-bond donors (Lipinski definition) is 1. The predicted molar refractivity (Wildman–Crippen MR) is 77.1 cm³/mol. The van der Waals surface area contributed by atoms with Crippen molar-refractivity contribution >= 4 is 0 Å². The average molecular weight is 281 g/mol. The van der Waals surface area contributed by atoms with Crippen LogP contribution in [0.1, 0.15) is 77.6 Å². The zero-order valence-electron chi connectivity index (χ0n) is 13.1. The van der Waals surface area contributed by atoms with E-state index in [2.05, 4.69) is 24.0 Å². The molecular weight excluding hydrogens is 254 g/mol. The highest BCUT2D eigenvalue weighted by atomic mass is 16.5. The van der Waals surface area contributed by atoms with Crippen molar-refractivity contribution in [3.63, 3.8) is 0 Å². The topological polar surface area (TPSA) is 74.2 Å². The molecule has 0 aliphatic heterocycles. The zero-order chi connectivity index (χ0) is 14.8. The number of nitrogens with zero attached hydrogens (tertiary/aromatic N) is 2. The Kier molecular flexibility index (Phi) is 4.49. The van der Waals surface area contributed by atoms with Crippen molar-refractivity contribution in [2.45, 2.75) is 71.4 Å². The van der Waals surface area contributed by atoms with Crippen molar-refractivity contribution in [1.29, 1.82) is 0 Å². The zero-order valence-corrected chi connectivity index (χ0v) is 13.1. The Morgan fingerprint density at radius 2 is 1.90 bits per heavy atom. The maximum atomic E-state index is 6.05. The standard InChI is InChI=1S/C15H27N3O2/c1-5-11(16)12-17-13(18-20-12)15(19-6-2)9-7-14(3,4)8-10-15/h11H,5-10,16H2,1-4H3/t11-/m0/s1. The Balaban J connectivity index is 2.22. The molecule has 1 aliphatic carbocycles. The molecule has 0 bridgehead atoms. The molecule has 1 saturated carbocycles. The Morgan fingerprint density at radius 1 is 1.25 bits per heavy atom. The number of hydrogen-bond acceptors (Lipinski definition) is 5. The largest absolute Gasteiger partial charge is 0.367 e. The molecule has 0 saturated heterocycles. The fourth-order valence-corrected chi connectivity index (χ4v) is 2.78. The lowest BCUT2D eigenvalue weighted by Gasteiger charge is -2.41. The molecule has 1 atom stereocenters. The average Bonchev–Trinajstić information content (AvgIpc) is 2.91. The summed E-state index contributed by atoms with van der Waals surface area (Å²) in [6.07, 6.45) is 4.88. The van der Waals surface area contributed by atoms with Gasteiger partial charge < -0.3 is 15.0 Å². The second kappa shape index (κ2) is 5.82. The van der Waals surface area contributed by atoms with Gasteiger partial charge in [0.05, 0.1) is 6.04 Å². The van der Waals surface area contributed by atoms with E-state index in [1.54, 1.807) is 0 Å². The molecule has 114 valence electrons. The van der Waals surface area contributed by atoms with Gasteiger partial charge in [0.15, 0.2) is 0 Å². The number of nitrogens with two attached hydrogens (primary N) is 1. The Morgan fingerprint density at radius 3 is 2.45 bits per heavy atom. The van der Waals surface area contributed by atoms with Crippen molar-refractivity contribution in [1.82, 2.24) is 10.1 Å². The Labute approximate surface area is 121 Å². The summed E-state index contributed by atoms with van der Waals surface area (Å²) in [4.78, 5) is 4.52. The second-order valence-corrected chi connectivity index (χ2v) is 6.56. The van der Waals surface area contributed by atoms with Gasteiger partial charge in [-0.2, -0.15) is 4.98 Å². The van der Waals surface area contributed by atoms with Gasteiger partial charge in [0, 0.05) is 6.61 Å². The fraction of sp³-hybridized carbons (Fsp3) is 0.867. The van der Waals surface area contributed by atoms with E-state index >= 15 is 0 Å². The summed E-state index contributed by atoms with van der Waals surface area (Å²) in [6, 6.07) is -0.185. The number of aromatic nitrogens is 2. The molecule has 20 heavy (non-hydrogen) atoms. The monoisotopic (exact) mass is 281 g/mol. The second-order valence-electron chi connectivity index (χ2n) is 6.56. The van der Waals surface area contributed by atoms with Gasteiger partial charge >= 0.3 is 0 Å². The Bertz CT molecular complexity index is 432. The highest BCUT2D eigenvalue weighted by molar-refractivity contribution is 5.06. The van der Waals surface area contributed by atoms with Crippen LogP contribution in [-0.2, 0) is 10.3 Å². The SMILES string of the molecule is CCOC1(c2noc([C@@H](N)CC)n2)CCC(C)(C)CC1. The lowest BCUT2D eigenvalue weighted by Crippen LogP contribution is -2.38. The minimum atomic E-state index is -0.389. The van der Waals surface area contributed by atoms with Crippen molar-refractivity contribution in [2.75, 3.05) is 6.61 Å². The third-order valence-electron chi connectivity index (χ3n) is 4.44. The predicted octanol–water partition coefficient (Wildman–Crippen LogP) is 3.31. The van der Waals surface area contributed by atoms with Crippen LogP contribution in [0.2, 0.25) is 0 Å². The number of rotatable bonds is 5. The third-order valence-corrected chi connectivity index (χ3v) is 4.44. The van der Waals surface area contributed by atoms with Gasteiger partial charge in [-0.05, 0) is 44.4 Å². The molecule has 5 heteroatoms. The van der Waals surface area contributed by atoms with E-state index in [0.29, 0.717) is 23.7 Å². The van der Waals surface area contributed by atoms with Gasteiger partial charge in [-0.15, -0.1) is 0 Å². The van der Waals surface area contributed by atoms with Crippen LogP contribution < -0.4 is 5.73 Å². The molecule has 1 aliphatic rings. The van der Waals surface area contributed by atoms with Gasteiger partial charge in [-0.3, -0.25) is 0 Å². The van der Waals surface area contributed by atoms with Crippen LogP contribution in [-0.4, -0.2) is 16.7 Å². The molecule has 0 amide bonds. The van der Waals surface area contributed by atoms with Crippen LogP contribution in [0, 0.1) is 5.41 Å². The first-order valence-electron chi connectivity index (χ1n) is 7.66. The van der Waals surface area contributed by atoms with Gasteiger partial charge in [0.2, 0.25) is 11.7 Å². The van der Waals surface area contributed by atoms with Crippen molar-refractivity contribution in [3.05, 3.63) is 11.7 Å². The van der Waals surface area contributed by atoms with Crippen LogP contribution in [0.25, 0.3) is 0 Å². The van der Waals surface area contributed by atoms with Gasteiger partial charge in [-0.1, -0.05) is 25.9 Å². The minimum absolute atomic E-state index is 0.185. The van der Waals surface area contributed by atoms with E-state index in [4.69, 9.17) is 15.0 Å². The van der Waals surface area contributed by atoms with Crippen LogP contribution in [0.4, 0.5) is 0 Å². The summed E-state index contributed by atoms with van der Waals surface area (Å²) in [7, 11) is 0. The molecule has 0 radical (unpaired) electrons. The highest BCUT2D eigenvalue weighted by Gasteiger charge is 2.44. The molecule has 5 nitrogen and oxygen atoms in total. The lowest BCUT2D eigenvalue weighted by molar-refractivity contribution is -0.0957. The molecule has 0 aromatic carbocycles. The van der Waals surface area contributed by atoms with E-state index in [9.17, 15) is 0 Å². The van der Waals surface area contributed by atoms with Crippen molar-refractivity contribution in [3.8, 4) is 0 Å². The molecule has 0 spiro atoms. The molecule has 1 heterocycles. The summed E-state index contributed by atoms with van der Waals surface area (Å²) in [5, 5.41) is 4.16. The highest BCUT2D eigenvalue weighted by Crippen LogP contribution is 2.46. The molecule has 1 aromatic heterocycles. The number of ether oxygens (including phenoxy) is 1. The molecule has 1 aromatic rings. The van der Waals surface area contributed by atoms with E-state index in [0.717, 1.165) is 32.1 Å². The van der Waals surface area contributed by atoms with Crippen molar-refractivity contribution in [2.24, 2.45) is 11.1 Å². The molecular formula is C15H27N3O2. The van der Waals surface area contributed by atoms with Gasteiger partial charge in [0.25, 0.3) is 0 Å². The fourth-order valence-electron chi connectivity index (χ4n) is 2.78. The van der Waals surface area contributed by atoms with Crippen LogP contribution >= 0.6 is 0 Å². The van der Waals surface area contributed by atoms with E-state index in [1.807, 2.05) is 13.8 Å². The minimum Gasteiger partial charge on any atom is -0.367 e. The summed E-state index contributed by atoms with van der Waals surface area (Å²) >= 11 is 0. The molecule has 2 rings (SSSR count). The van der Waals surface area contributed by atoms with Crippen LogP contribution in [0.5, 0.6) is 0 Å². The normalized spacial score (nSPS) is 22.6. The third kappa shape index (κ3) is 3.04. The first-order chi connectivity index (χ1) is 9.42. The summed E-state index contributed by atoms with van der Waals surface area (Å²) in [5.74, 6) is 1.19. The van der Waals surface area contributed by atoms with E-state index in [-0.39, 0.29) is 11.6 Å². The van der Waals surface area contributed by atoms with Crippen molar-refractivity contribution < 1.29 is 9.26 Å². The quantitative estimate of drug-likeness (QED) is 0.896. The molecule has 2 N–H and O–H groups in total. The van der Waals surface area contributed by atoms with Crippen LogP contribution in [0.15, 0.2) is 4.52 Å². The van der Waals surface area contributed by atoms with Crippen LogP contribution in [0.3, 0.4) is 0 Å².